The molecule has 1 unspecified atom stereocenters. The van der Waals surface area contributed by atoms with Crippen molar-refractivity contribution in [2.45, 2.75) is 18.6 Å². The summed E-state index contributed by atoms with van der Waals surface area (Å²) in [5.74, 6) is -1.14. The van der Waals surface area contributed by atoms with Crippen LogP contribution in [0, 0.1) is 0 Å². The Morgan fingerprint density at radius 2 is 1.84 bits per heavy atom. The normalized spacial score (nSPS) is 12.6. The number of nitrogens with zero attached hydrogens (tertiary/aromatic N) is 3. The van der Waals surface area contributed by atoms with E-state index in [-0.39, 0.29) is 5.69 Å². The third kappa shape index (κ3) is 4.33. The quantitative estimate of drug-likeness (QED) is 0.509. The van der Waals surface area contributed by atoms with Crippen LogP contribution in [0.25, 0.3) is 16.2 Å². The summed E-state index contributed by atoms with van der Waals surface area (Å²) in [6.45, 7) is 0. The molecule has 1 aromatic carbocycles. The second kappa shape index (κ2) is 8.31. The molecule has 1 amide bonds. The standard InChI is InChI=1S/C21H15F3N4O2S/c22-21(23,24)17(10-14-8-4-5-9-25-14)27-18(29)15-11-26-20-28(19(15)30)16(12-31-20)13-6-2-1-3-7-13/h1-9,11-12,17H,10H2,(H,27,29). The zero-order valence-electron chi connectivity index (χ0n) is 15.8. The van der Waals surface area contributed by atoms with Crippen LogP contribution in [0.2, 0.25) is 0 Å². The molecule has 0 spiro atoms. The molecule has 10 heteroatoms. The van der Waals surface area contributed by atoms with Gasteiger partial charge in [0.1, 0.15) is 11.6 Å². The molecule has 0 aliphatic carbocycles. The van der Waals surface area contributed by atoms with Gasteiger partial charge in [-0.25, -0.2) is 4.98 Å². The highest BCUT2D eigenvalue weighted by Gasteiger charge is 2.41. The van der Waals surface area contributed by atoms with Crippen LogP contribution in [0.15, 0.2) is 71.1 Å². The molecule has 1 atom stereocenters. The Morgan fingerprint density at radius 1 is 1.10 bits per heavy atom. The van der Waals surface area contributed by atoms with E-state index in [1.165, 1.54) is 28.0 Å². The van der Waals surface area contributed by atoms with Crippen molar-refractivity contribution in [2.75, 3.05) is 0 Å². The smallest absolute Gasteiger partial charge is 0.340 e. The topological polar surface area (TPSA) is 76.4 Å². The number of thiazole rings is 1. The fourth-order valence-electron chi connectivity index (χ4n) is 3.07. The number of halogens is 3. The average Bonchev–Trinajstić information content (AvgIpc) is 3.19. The molecular weight excluding hydrogens is 429 g/mol. The largest absolute Gasteiger partial charge is 0.409 e. The highest BCUT2D eigenvalue weighted by molar-refractivity contribution is 7.15. The molecule has 0 saturated carbocycles. The lowest BCUT2D eigenvalue weighted by Crippen LogP contribution is -2.48. The van der Waals surface area contributed by atoms with Crippen molar-refractivity contribution < 1.29 is 18.0 Å². The number of nitrogens with one attached hydrogen (secondary N) is 1. The first-order valence-electron chi connectivity index (χ1n) is 9.17. The van der Waals surface area contributed by atoms with Crippen LogP contribution in [0.4, 0.5) is 13.2 Å². The summed E-state index contributed by atoms with van der Waals surface area (Å²) in [5, 5.41) is 3.63. The average molecular weight is 444 g/mol. The lowest BCUT2D eigenvalue weighted by Gasteiger charge is -2.21. The second-order valence-electron chi connectivity index (χ2n) is 6.67. The summed E-state index contributed by atoms with van der Waals surface area (Å²) in [4.78, 5) is 33.9. The van der Waals surface area contributed by atoms with E-state index in [0.717, 1.165) is 11.8 Å². The van der Waals surface area contributed by atoms with Crippen LogP contribution in [-0.4, -0.2) is 32.5 Å². The first kappa shape index (κ1) is 20.7. The fraction of sp³-hybridized carbons (Fsp3) is 0.143. The van der Waals surface area contributed by atoms with Crippen molar-refractivity contribution >= 4 is 22.2 Å². The van der Waals surface area contributed by atoms with Crippen LogP contribution in [0.1, 0.15) is 16.1 Å². The van der Waals surface area contributed by atoms with Crippen LogP contribution in [-0.2, 0) is 6.42 Å². The summed E-state index contributed by atoms with van der Waals surface area (Å²) in [5.41, 5.74) is 0.191. The van der Waals surface area contributed by atoms with Crippen molar-refractivity contribution in [3.8, 4) is 11.3 Å². The second-order valence-corrected chi connectivity index (χ2v) is 7.51. The van der Waals surface area contributed by atoms with Crippen LogP contribution in [0.3, 0.4) is 0 Å². The maximum absolute atomic E-state index is 13.5. The van der Waals surface area contributed by atoms with Gasteiger partial charge in [0, 0.05) is 29.9 Å². The number of pyridine rings is 1. The molecule has 0 fully saturated rings. The number of fused-ring (bicyclic) bond motifs is 1. The Labute approximate surface area is 178 Å². The fourth-order valence-corrected chi connectivity index (χ4v) is 3.93. The molecule has 31 heavy (non-hydrogen) atoms. The predicted molar refractivity (Wildman–Crippen MR) is 110 cm³/mol. The van der Waals surface area contributed by atoms with Gasteiger partial charge in [0.05, 0.1) is 5.69 Å². The third-order valence-electron chi connectivity index (χ3n) is 4.60. The van der Waals surface area contributed by atoms with E-state index in [4.69, 9.17) is 0 Å². The maximum atomic E-state index is 13.5. The summed E-state index contributed by atoms with van der Waals surface area (Å²) < 4.78 is 41.8. The number of carbonyl (C=O) groups is 1. The SMILES string of the molecule is O=C(NC(Cc1ccccn1)C(F)(F)F)c1cnc2scc(-c3ccccc3)n2c1=O. The van der Waals surface area contributed by atoms with Gasteiger partial charge in [-0.05, 0) is 17.7 Å². The monoisotopic (exact) mass is 444 g/mol. The van der Waals surface area contributed by atoms with Crippen molar-refractivity contribution in [3.63, 3.8) is 0 Å². The Hall–Kier alpha value is -3.53. The minimum Gasteiger partial charge on any atom is -0.340 e. The van der Waals surface area contributed by atoms with Crippen molar-refractivity contribution in [1.29, 1.82) is 0 Å². The lowest BCUT2D eigenvalue weighted by molar-refractivity contribution is -0.153. The number of benzene rings is 1. The van der Waals surface area contributed by atoms with Gasteiger partial charge < -0.3 is 5.32 Å². The minimum atomic E-state index is -4.72. The molecule has 158 valence electrons. The Kier molecular flexibility index (Phi) is 5.55. The van der Waals surface area contributed by atoms with Crippen molar-refractivity contribution in [2.24, 2.45) is 0 Å². The summed E-state index contributed by atoms with van der Waals surface area (Å²) in [6, 6.07) is 11.3. The Balaban J connectivity index is 1.68. The molecular formula is C21H15F3N4O2S. The van der Waals surface area contributed by atoms with E-state index in [9.17, 15) is 22.8 Å². The molecule has 0 radical (unpaired) electrons. The number of aromatic nitrogens is 3. The first-order valence-corrected chi connectivity index (χ1v) is 10.0. The van der Waals surface area contributed by atoms with Crippen LogP contribution < -0.4 is 10.9 Å². The Morgan fingerprint density at radius 3 is 2.52 bits per heavy atom. The third-order valence-corrected chi connectivity index (χ3v) is 5.44. The van der Waals surface area contributed by atoms with E-state index in [1.807, 2.05) is 11.4 Å². The van der Waals surface area contributed by atoms with E-state index >= 15 is 0 Å². The Bertz CT molecular complexity index is 1270. The zero-order valence-corrected chi connectivity index (χ0v) is 16.7. The summed E-state index contributed by atoms with van der Waals surface area (Å²) in [6.07, 6.45) is -2.90. The van der Waals surface area contributed by atoms with Gasteiger partial charge in [-0.3, -0.25) is 19.0 Å². The van der Waals surface area contributed by atoms with Crippen molar-refractivity contribution in [3.05, 3.63) is 87.9 Å². The number of hydrogen-bond donors (Lipinski definition) is 1. The molecule has 3 aromatic heterocycles. The van der Waals surface area contributed by atoms with E-state index in [1.54, 1.807) is 41.8 Å². The van der Waals surface area contributed by atoms with Crippen molar-refractivity contribution in [1.82, 2.24) is 19.7 Å². The van der Waals surface area contributed by atoms with E-state index < -0.39 is 35.7 Å². The molecule has 0 aliphatic rings. The number of rotatable bonds is 5. The number of alkyl halides is 3. The molecule has 4 rings (SSSR count). The highest BCUT2D eigenvalue weighted by Crippen LogP contribution is 2.25. The van der Waals surface area contributed by atoms with Gasteiger partial charge in [-0.15, -0.1) is 11.3 Å². The molecule has 0 aliphatic heterocycles. The number of amides is 1. The molecule has 1 N–H and O–H groups in total. The lowest BCUT2D eigenvalue weighted by atomic mass is 10.1. The van der Waals surface area contributed by atoms with Gasteiger partial charge >= 0.3 is 6.18 Å². The molecule has 6 nitrogen and oxygen atoms in total. The van der Waals surface area contributed by atoms with Gasteiger partial charge in [0.25, 0.3) is 11.5 Å². The predicted octanol–water partition coefficient (Wildman–Crippen LogP) is 3.72. The first-order chi connectivity index (χ1) is 14.8. The zero-order chi connectivity index (χ0) is 22.0. The van der Waals surface area contributed by atoms with E-state index in [0.29, 0.717) is 10.7 Å². The highest BCUT2D eigenvalue weighted by atomic mass is 32.1. The van der Waals surface area contributed by atoms with Gasteiger partial charge in [0.15, 0.2) is 4.96 Å². The molecule has 0 saturated heterocycles. The number of hydrogen-bond acceptors (Lipinski definition) is 5. The minimum absolute atomic E-state index is 0.166. The van der Waals surface area contributed by atoms with E-state index in [2.05, 4.69) is 9.97 Å². The van der Waals surface area contributed by atoms with Crippen LogP contribution in [0.5, 0.6) is 0 Å². The summed E-state index contributed by atoms with van der Waals surface area (Å²) >= 11 is 1.20. The summed E-state index contributed by atoms with van der Waals surface area (Å²) in [7, 11) is 0. The van der Waals surface area contributed by atoms with Crippen LogP contribution >= 0.6 is 11.3 Å². The maximum Gasteiger partial charge on any atom is 0.409 e. The van der Waals surface area contributed by atoms with Gasteiger partial charge in [0.2, 0.25) is 0 Å². The molecule has 4 aromatic rings. The van der Waals surface area contributed by atoms with Gasteiger partial charge in [-0.1, -0.05) is 36.4 Å². The molecule has 0 bridgehead atoms. The number of carbonyl (C=O) groups excluding carboxylic acids is 1. The van der Waals surface area contributed by atoms with Gasteiger partial charge in [-0.2, -0.15) is 13.2 Å². The molecule has 3 heterocycles.